The molecule has 0 unspecified atom stereocenters. The normalized spacial score (nSPS) is 8.69. The molecule has 1 aromatic heterocycles. The molecule has 1 rings (SSSR count). The first-order chi connectivity index (χ1) is 6.34. The Bertz CT molecular complexity index is 305. The summed E-state index contributed by atoms with van der Waals surface area (Å²) in [5.41, 5.74) is 0. The summed E-state index contributed by atoms with van der Waals surface area (Å²) in [6.07, 6.45) is 2.86. The number of hydrogen-bond acceptors (Lipinski definition) is 2. The van der Waals surface area contributed by atoms with Crippen molar-refractivity contribution in [1.29, 1.82) is 0 Å². The molecule has 0 saturated heterocycles. The summed E-state index contributed by atoms with van der Waals surface area (Å²) in [5.74, 6) is 0. The summed E-state index contributed by atoms with van der Waals surface area (Å²) < 4.78 is 5.92. The van der Waals surface area contributed by atoms with Crippen molar-refractivity contribution in [2.24, 2.45) is 0 Å². The third kappa shape index (κ3) is 2.99. The summed E-state index contributed by atoms with van der Waals surface area (Å²) in [6, 6.07) is 10.9. The molecule has 0 amide bonds. The molecule has 13 heavy (non-hydrogen) atoms. The van der Waals surface area contributed by atoms with Crippen LogP contribution >= 0.6 is 0 Å². The van der Waals surface area contributed by atoms with Gasteiger partial charge in [0.2, 0.25) is 0 Å². The molecule has 3 heteroatoms. The van der Waals surface area contributed by atoms with Gasteiger partial charge in [0.1, 0.15) is 0 Å². The number of methoxy groups -OCH3 is 1. The predicted octanol–water partition coefficient (Wildman–Crippen LogP) is 2.23. The van der Waals surface area contributed by atoms with Crippen molar-refractivity contribution in [3.8, 4) is 0 Å². The second kappa shape index (κ2) is 4.98. The van der Waals surface area contributed by atoms with Crippen molar-refractivity contribution in [3.05, 3.63) is 48.8 Å². The summed E-state index contributed by atoms with van der Waals surface area (Å²) in [4.78, 5) is 11.1. The maximum absolute atomic E-state index is 11.1. The number of carbonyl (C=O) groups excluding carboxylic acids is 1. The lowest BCUT2D eigenvalue weighted by atomic mass is 10.5. The molecule has 0 bridgehead atoms. The number of carbonyl (C=O) groups is 1. The molecule has 0 aliphatic rings. The molecule has 0 aromatic carbocycles. The van der Waals surface area contributed by atoms with Crippen molar-refractivity contribution >= 4 is 6.09 Å². The molecular weight excluding hydrogens is 166 g/mol. The van der Waals surface area contributed by atoms with Gasteiger partial charge >= 0.3 is 6.09 Å². The van der Waals surface area contributed by atoms with Crippen molar-refractivity contribution in [2.75, 3.05) is 7.11 Å². The minimum absolute atomic E-state index is 0.406. The van der Waals surface area contributed by atoms with E-state index in [1.54, 1.807) is 24.5 Å². The molecule has 0 spiro atoms. The van der Waals surface area contributed by atoms with Gasteiger partial charge in [-0.2, -0.15) is 0 Å². The van der Waals surface area contributed by atoms with Gasteiger partial charge in [-0.25, -0.2) is 4.79 Å². The Labute approximate surface area is 76.9 Å². The average Bonchev–Trinajstić information content (AvgIpc) is 2.29. The van der Waals surface area contributed by atoms with E-state index in [0.717, 1.165) is 0 Å². The predicted molar refractivity (Wildman–Crippen MR) is 49.9 cm³/mol. The van der Waals surface area contributed by atoms with Crippen LogP contribution in [-0.4, -0.2) is 17.8 Å². The fourth-order valence-electron chi connectivity index (χ4n) is 0.818. The second-order valence-electron chi connectivity index (χ2n) is 2.33. The highest BCUT2D eigenvalue weighted by Gasteiger charge is 1.95. The van der Waals surface area contributed by atoms with Crippen molar-refractivity contribution in [1.82, 2.24) is 4.57 Å². The third-order valence-electron chi connectivity index (χ3n) is 1.43. The van der Waals surface area contributed by atoms with Gasteiger partial charge in [-0.3, -0.25) is 4.57 Å². The molecule has 0 radical (unpaired) electrons. The summed E-state index contributed by atoms with van der Waals surface area (Å²) in [7, 11) is 1.35. The van der Waals surface area contributed by atoms with Crippen LogP contribution in [0.3, 0.4) is 0 Å². The highest BCUT2D eigenvalue weighted by atomic mass is 16.5. The second-order valence-corrected chi connectivity index (χ2v) is 2.33. The van der Waals surface area contributed by atoms with Crippen LogP contribution in [0.15, 0.2) is 48.8 Å². The van der Waals surface area contributed by atoms with Gasteiger partial charge in [-0.05, 0) is 12.1 Å². The minimum atomic E-state index is -0.406. The zero-order valence-corrected chi connectivity index (χ0v) is 7.38. The molecule has 0 aliphatic carbocycles. The molecule has 0 aliphatic heterocycles. The van der Waals surface area contributed by atoms with Gasteiger partial charge < -0.3 is 4.74 Å². The van der Waals surface area contributed by atoms with Crippen molar-refractivity contribution < 1.29 is 9.53 Å². The van der Waals surface area contributed by atoms with Crippen LogP contribution in [0.5, 0.6) is 0 Å². The Morgan fingerprint density at radius 2 is 1.46 bits per heavy atom. The number of ether oxygens (including phenoxy) is 1. The SMILES string of the molecule is COC(=O)n1cccccccc1. The van der Waals surface area contributed by atoms with Gasteiger partial charge in [0, 0.05) is 12.4 Å². The number of aromatic nitrogens is 1. The Balaban J connectivity index is 3.11. The maximum atomic E-state index is 11.1. The van der Waals surface area contributed by atoms with Gasteiger partial charge in [0.15, 0.2) is 0 Å². The van der Waals surface area contributed by atoms with E-state index < -0.39 is 6.09 Å². The molecular formula is C10H11NO2. The lowest BCUT2D eigenvalue weighted by molar-refractivity contribution is 0.172. The van der Waals surface area contributed by atoms with E-state index in [0.29, 0.717) is 0 Å². The summed E-state index contributed by atoms with van der Waals surface area (Å²) in [5, 5.41) is 0. The van der Waals surface area contributed by atoms with Crippen LogP contribution in [-0.2, 0) is 4.74 Å². The van der Waals surface area contributed by atoms with Crippen molar-refractivity contribution in [3.63, 3.8) is 0 Å². The van der Waals surface area contributed by atoms with Gasteiger partial charge in [0.05, 0.1) is 7.11 Å². The Morgan fingerprint density at radius 1 is 1.00 bits per heavy atom. The molecule has 0 N–H and O–H groups in total. The van der Waals surface area contributed by atoms with E-state index in [-0.39, 0.29) is 0 Å². The summed E-state index contributed by atoms with van der Waals surface area (Å²) >= 11 is 0. The highest BCUT2D eigenvalue weighted by Crippen LogP contribution is 1.87. The third-order valence-corrected chi connectivity index (χ3v) is 1.43. The molecule has 0 atom stereocenters. The van der Waals surface area contributed by atoms with Gasteiger partial charge in [0.25, 0.3) is 0 Å². The Kier molecular flexibility index (Phi) is 3.57. The lowest BCUT2D eigenvalue weighted by Crippen LogP contribution is -2.09. The number of rotatable bonds is 0. The zero-order chi connectivity index (χ0) is 9.52. The monoisotopic (exact) mass is 177 g/mol. The van der Waals surface area contributed by atoms with Crippen LogP contribution in [0.2, 0.25) is 0 Å². The number of nitrogens with zero attached hydrogens (tertiary/aromatic N) is 1. The van der Waals surface area contributed by atoms with Gasteiger partial charge in [-0.1, -0.05) is 24.3 Å². The topological polar surface area (TPSA) is 31.2 Å². The fraction of sp³-hybridized carbons (Fsp3) is 0.100. The standard InChI is InChI=1S/C10H11NO2/c1-13-10(12)11-8-6-4-2-3-5-7-9-11/h2-9H,1H3. The zero-order valence-electron chi connectivity index (χ0n) is 7.38. The first kappa shape index (κ1) is 9.32. The molecule has 0 saturated carbocycles. The molecule has 68 valence electrons. The van der Waals surface area contributed by atoms with Gasteiger partial charge in [-0.15, -0.1) is 0 Å². The van der Waals surface area contributed by atoms with E-state index in [4.69, 9.17) is 0 Å². The minimum Gasteiger partial charge on any atom is -0.452 e. The van der Waals surface area contributed by atoms with Crippen LogP contribution in [0.1, 0.15) is 0 Å². The molecule has 0 fully saturated rings. The largest absolute Gasteiger partial charge is 0.452 e. The van der Waals surface area contributed by atoms with Crippen LogP contribution in [0.4, 0.5) is 4.79 Å². The quantitative estimate of drug-likeness (QED) is 0.608. The van der Waals surface area contributed by atoms with Crippen LogP contribution < -0.4 is 0 Å². The van der Waals surface area contributed by atoms with E-state index in [1.807, 2.05) is 24.3 Å². The van der Waals surface area contributed by atoms with Crippen LogP contribution in [0.25, 0.3) is 0 Å². The Hall–Kier alpha value is -1.77. The van der Waals surface area contributed by atoms with Crippen LogP contribution in [0, 0.1) is 0 Å². The number of hydrogen-bond donors (Lipinski definition) is 0. The van der Waals surface area contributed by atoms with E-state index >= 15 is 0 Å². The average molecular weight is 177 g/mol. The Morgan fingerprint density at radius 3 is 1.92 bits per heavy atom. The molecule has 1 heterocycles. The van der Waals surface area contributed by atoms with Crippen molar-refractivity contribution in [2.45, 2.75) is 0 Å². The first-order valence-electron chi connectivity index (χ1n) is 3.89. The van der Waals surface area contributed by atoms with E-state index in [9.17, 15) is 4.79 Å². The molecule has 3 nitrogen and oxygen atoms in total. The lowest BCUT2D eigenvalue weighted by Gasteiger charge is -1.98. The molecule has 1 aromatic rings. The maximum Gasteiger partial charge on any atom is 0.417 e. The van der Waals surface area contributed by atoms with E-state index in [2.05, 4.69) is 4.74 Å². The smallest absolute Gasteiger partial charge is 0.417 e. The summed E-state index contributed by atoms with van der Waals surface area (Å²) in [6.45, 7) is 0. The van der Waals surface area contributed by atoms with E-state index in [1.165, 1.54) is 11.7 Å². The fourth-order valence-corrected chi connectivity index (χ4v) is 0.818. The highest BCUT2D eigenvalue weighted by molar-refractivity contribution is 5.69. The first-order valence-corrected chi connectivity index (χ1v) is 3.89.